The monoisotopic (exact) mass is 462 g/mol. The molecule has 0 spiro atoms. The Morgan fingerprint density at radius 1 is 1.00 bits per heavy atom. The molecule has 1 aliphatic carbocycles. The van der Waals surface area contributed by atoms with Gasteiger partial charge in [-0.05, 0) is 40.8 Å². The van der Waals surface area contributed by atoms with E-state index in [1.165, 1.54) is 28.2 Å². The number of carboxylic acid groups (broad SMARTS) is 1. The zero-order chi connectivity index (χ0) is 24.1. The second-order valence-corrected chi connectivity index (χ2v) is 8.18. The van der Waals surface area contributed by atoms with Crippen LogP contribution in [0, 0.1) is 0 Å². The van der Waals surface area contributed by atoms with E-state index in [0.29, 0.717) is 18.7 Å². The summed E-state index contributed by atoms with van der Waals surface area (Å²) in [6.07, 6.45) is 0.165. The van der Waals surface area contributed by atoms with Crippen LogP contribution in [0.2, 0.25) is 0 Å². The number of rotatable bonds is 9. The first kappa shape index (κ1) is 23.1. The van der Waals surface area contributed by atoms with Crippen LogP contribution in [0.3, 0.4) is 0 Å². The Morgan fingerprint density at radius 3 is 2.26 bits per heavy atom. The number of fused-ring (bicyclic) bond motifs is 3. The van der Waals surface area contributed by atoms with Gasteiger partial charge in [-0.15, -0.1) is 0 Å². The van der Waals surface area contributed by atoms with Crippen LogP contribution in [0.15, 0.2) is 65.1 Å². The Kier molecular flexibility index (Phi) is 6.96. The minimum Gasteiger partial charge on any atom is -0.475 e. The largest absolute Gasteiger partial charge is 0.475 e. The summed E-state index contributed by atoms with van der Waals surface area (Å²) in [5.74, 6) is -1.06. The van der Waals surface area contributed by atoms with Crippen LogP contribution < -0.4 is 5.32 Å². The van der Waals surface area contributed by atoms with E-state index in [0.717, 1.165) is 11.1 Å². The lowest BCUT2D eigenvalue weighted by Crippen LogP contribution is -2.29. The molecular formula is C26H26N2O6. The van der Waals surface area contributed by atoms with Gasteiger partial charge in [-0.1, -0.05) is 48.5 Å². The predicted molar refractivity (Wildman–Crippen MR) is 124 cm³/mol. The zero-order valence-electron chi connectivity index (χ0n) is 18.8. The zero-order valence-corrected chi connectivity index (χ0v) is 18.8. The number of furan rings is 1. The molecule has 0 unspecified atom stereocenters. The van der Waals surface area contributed by atoms with E-state index in [1.807, 2.05) is 24.3 Å². The van der Waals surface area contributed by atoms with E-state index in [9.17, 15) is 14.4 Å². The van der Waals surface area contributed by atoms with Crippen LogP contribution in [-0.2, 0) is 16.1 Å². The number of ether oxygens (including phenoxy) is 1. The number of carboxylic acids is 1. The lowest BCUT2D eigenvalue weighted by Gasteiger charge is -2.16. The number of aromatic carboxylic acids is 1. The molecule has 0 atom stereocenters. The minimum atomic E-state index is -1.15. The number of carbonyl (C=O) groups is 3. The van der Waals surface area contributed by atoms with Crippen molar-refractivity contribution in [1.82, 2.24) is 10.2 Å². The van der Waals surface area contributed by atoms with Gasteiger partial charge in [0.05, 0.1) is 6.54 Å². The first-order valence-corrected chi connectivity index (χ1v) is 11.1. The molecule has 8 heteroatoms. The third-order valence-corrected chi connectivity index (χ3v) is 5.87. The molecule has 1 aromatic heterocycles. The maximum atomic E-state index is 12.3. The molecule has 1 heterocycles. The van der Waals surface area contributed by atoms with Gasteiger partial charge >= 0.3 is 12.1 Å². The summed E-state index contributed by atoms with van der Waals surface area (Å²) in [4.78, 5) is 36.8. The number of amides is 2. The third kappa shape index (κ3) is 5.11. The second kappa shape index (κ2) is 10.2. The fourth-order valence-corrected chi connectivity index (χ4v) is 4.17. The fraction of sp³-hybridized carbons (Fsp3) is 0.269. The molecule has 0 bridgehead atoms. The van der Waals surface area contributed by atoms with Crippen LogP contribution in [-0.4, -0.2) is 48.2 Å². The van der Waals surface area contributed by atoms with Gasteiger partial charge in [0.1, 0.15) is 12.4 Å². The summed E-state index contributed by atoms with van der Waals surface area (Å²) >= 11 is 0. The number of hydrogen-bond acceptors (Lipinski definition) is 5. The summed E-state index contributed by atoms with van der Waals surface area (Å²) in [6.45, 7) is 0.717. The molecule has 34 heavy (non-hydrogen) atoms. The molecule has 2 N–H and O–H groups in total. The van der Waals surface area contributed by atoms with Gasteiger partial charge in [-0.3, -0.25) is 4.79 Å². The number of carbonyl (C=O) groups excluding carboxylic acids is 2. The van der Waals surface area contributed by atoms with Crippen LogP contribution >= 0.6 is 0 Å². The molecule has 2 aromatic carbocycles. The average molecular weight is 463 g/mol. The summed E-state index contributed by atoms with van der Waals surface area (Å²) in [5, 5.41) is 11.6. The summed E-state index contributed by atoms with van der Waals surface area (Å²) in [6, 6.07) is 19.2. The molecule has 0 aliphatic heterocycles. The molecule has 0 fully saturated rings. The molecule has 0 saturated carbocycles. The Balaban J connectivity index is 1.19. The van der Waals surface area contributed by atoms with E-state index in [4.69, 9.17) is 14.3 Å². The van der Waals surface area contributed by atoms with Crippen molar-refractivity contribution in [2.45, 2.75) is 25.3 Å². The first-order valence-electron chi connectivity index (χ1n) is 11.1. The topological polar surface area (TPSA) is 109 Å². The highest BCUT2D eigenvalue weighted by atomic mass is 16.5. The van der Waals surface area contributed by atoms with Gasteiger partial charge in [0.15, 0.2) is 0 Å². The standard InChI is InChI=1S/C26H26N2O6/c1-28(15-17-12-13-23(34-17)25(30)31)24(29)11-6-14-27-26(32)33-16-22-20-9-4-2-7-18(20)19-8-3-5-10-21(19)22/h2-5,7-10,12-13,22H,6,11,14-16H2,1H3,(H,27,32)(H,30,31). The Hall–Kier alpha value is -4.07. The molecule has 176 valence electrons. The normalized spacial score (nSPS) is 12.0. The number of alkyl carbamates (subject to hydrolysis) is 1. The van der Waals surface area contributed by atoms with Gasteiger partial charge in [0.25, 0.3) is 0 Å². The van der Waals surface area contributed by atoms with Crippen LogP contribution in [0.4, 0.5) is 4.79 Å². The highest BCUT2D eigenvalue weighted by Crippen LogP contribution is 2.44. The maximum Gasteiger partial charge on any atom is 0.407 e. The van der Waals surface area contributed by atoms with Crippen LogP contribution in [0.25, 0.3) is 11.1 Å². The molecule has 3 aromatic rings. The Labute approximate surface area is 197 Å². The van der Waals surface area contributed by atoms with Crippen molar-refractivity contribution in [3.63, 3.8) is 0 Å². The highest BCUT2D eigenvalue weighted by molar-refractivity contribution is 5.84. The van der Waals surface area contributed by atoms with Crippen molar-refractivity contribution in [2.24, 2.45) is 0 Å². The van der Waals surface area contributed by atoms with Crippen molar-refractivity contribution in [3.8, 4) is 11.1 Å². The van der Waals surface area contributed by atoms with Gasteiger partial charge in [-0.2, -0.15) is 0 Å². The van der Waals surface area contributed by atoms with Crippen molar-refractivity contribution in [2.75, 3.05) is 20.2 Å². The summed E-state index contributed by atoms with van der Waals surface area (Å²) < 4.78 is 10.7. The van der Waals surface area contributed by atoms with Gasteiger partial charge < -0.3 is 24.5 Å². The number of nitrogens with one attached hydrogen (secondary N) is 1. The third-order valence-electron chi connectivity index (χ3n) is 5.87. The molecular weight excluding hydrogens is 436 g/mol. The summed E-state index contributed by atoms with van der Waals surface area (Å²) in [7, 11) is 1.62. The van der Waals surface area contributed by atoms with E-state index in [2.05, 4.69) is 29.6 Å². The maximum absolute atomic E-state index is 12.3. The highest BCUT2D eigenvalue weighted by Gasteiger charge is 2.28. The van der Waals surface area contributed by atoms with E-state index in [-0.39, 0.29) is 37.2 Å². The van der Waals surface area contributed by atoms with Crippen molar-refractivity contribution in [1.29, 1.82) is 0 Å². The van der Waals surface area contributed by atoms with Gasteiger partial charge in [0.2, 0.25) is 11.7 Å². The SMILES string of the molecule is CN(Cc1ccc(C(=O)O)o1)C(=O)CCCNC(=O)OCC1c2ccccc2-c2ccccc21. The quantitative estimate of drug-likeness (QED) is 0.460. The average Bonchev–Trinajstić information content (AvgIpc) is 3.43. The molecule has 4 rings (SSSR count). The number of benzene rings is 2. The first-order chi connectivity index (χ1) is 16.4. The lowest BCUT2D eigenvalue weighted by molar-refractivity contribution is -0.130. The number of nitrogens with zero attached hydrogens (tertiary/aromatic N) is 1. The molecule has 1 aliphatic rings. The lowest BCUT2D eigenvalue weighted by atomic mass is 9.98. The second-order valence-electron chi connectivity index (χ2n) is 8.18. The van der Waals surface area contributed by atoms with Crippen molar-refractivity contribution >= 4 is 18.0 Å². The van der Waals surface area contributed by atoms with E-state index < -0.39 is 12.1 Å². The number of hydrogen-bond donors (Lipinski definition) is 2. The molecule has 0 radical (unpaired) electrons. The van der Waals surface area contributed by atoms with Crippen molar-refractivity contribution in [3.05, 3.63) is 83.3 Å². The van der Waals surface area contributed by atoms with Crippen LogP contribution in [0.5, 0.6) is 0 Å². The van der Waals surface area contributed by atoms with Gasteiger partial charge in [-0.25, -0.2) is 9.59 Å². The van der Waals surface area contributed by atoms with E-state index in [1.54, 1.807) is 7.05 Å². The molecule has 0 saturated heterocycles. The smallest absolute Gasteiger partial charge is 0.407 e. The Morgan fingerprint density at radius 2 is 1.65 bits per heavy atom. The van der Waals surface area contributed by atoms with Gasteiger partial charge in [0, 0.05) is 25.9 Å². The minimum absolute atomic E-state index is 0.00313. The molecule has 8 nitrogen and oxygen atoms in total. The molecule has 2 amide bonds. The van der Waals surface area contributed by atoms with Crippen LogP contribution in [0.1, 0.15) is 46.2 Å². The predicted octanol–water partition coefficient (Wildman–Crippen LogP) is 4.26. The van der Waals surface area contributed by atoms with E-state index >= 15 is 0 Å². The fourth-order valence-electron chi connectivity index (χ4n) is 4.17. The summed E-state index contributed by atoms with van der Waals surface area (Å²) in [5.41, 5.74) is 4.64. The Bertz CT molecular complexity index is 1160. The van der Waals surface area contributed by atoms with Crippen molar-refractivity contribution < 1.29 is 28.6 Å².